The quantitative estimate of drug-likeness (QED) is 0.780. The summed E-state index contributed by atoms with van der Waals surface area (Å²) < 4.78 is 12.3. The molecule has 1 saturated carbocycles. The number of hydrogen-bond donors (Lipinski definition) is 0. The van der Waals surface area contributed by atoms with Crippen LogP contribution in [-0.4, -0.2) is 24.1 Å². The van der Waals surface area contributed by atoms with Crippen molar-refractivity contribution >= 4 is 5.78 Å². The van der Waals surface area contributed by atoms with Crippen molar-refractivity contribution < 1.29 is 14.3 Å². The highest BCUT2D eigenvalue weighted by molar-refractivity contribution is 6.01. The zero-order valence-electron chi connectivity index (χ0n) is 14.4. The molecule has 0 aromatic heterocycles. The van der Waals surface area contributed by atoms with Gasteiger partial charge in [0.2, 0.25) is 0 Å². The molecule has 2 bridgehead atoms. The standard InChI is InChI=1S/C22H19NO3/c23-12-14-2-1-3-16(8-14)17-5-6-20-18(9-17)19(24)11-22(26-20)10-15-4-7-21(22)25-13-15/h1-3,5-6,8-9,15,21H,4,7,10-11,13H2. The van der Waals surface area contributed by atoms with Gasteiger partial charge in [0.1, 0.15) is 11.4 Å². The van der Waals surface area contributed by atoms with Crippen LogP contribution in [0.4, 0.5) is 0 Å². The number of rotatable bonds is 1. The van der Waals surface area contributed by atoms with E-state index in [4.69, 9.17) is 14.7 Å². The lowest BCUT2D eigenvalue weighted by Gasteiger charge is -2.52. The van der Waals surface area contributed by atoms with Crippen LogP contribution in [0.1, 0.15) is 41.6 Å². The van der Waals surface area contributed by atoms with Crippen LogP contribution in [0.2, 0.25) is 0 Å². The first-order valence-corrected chi connectivity index (χ1v) is 9.15. The Bertz CT molecular complexity index is 937. The number of ketones is 1. The van der Waals surface area contributed by atoms with E-state index in [9.17, 15) is 4.79 Å². The Kier molecular flexibility index (Phi) is 3.41. The number of fused-ring (bicyclic) bond motifs is 3. The van der Waals surface area contributed by atoms with Crippen molar-refractivity contribution in [1.29, 1.82) is 5.26 Å². The third-order valence-corrected chi connectivity index (χ3v) is 5.97. The highest BCUT2D eigenvalue weighted by atomic mass is 16.6. The molecule has 3 fully saturated rings. The molecule has 3 heterocycles. The van der Waals surface area contributed by atoms with Crippen LogP contribution < -0.4 is 4.74 Å². The molecule has 3 unspecified atom stereocenters. The van der Waals surface area contributed by atoms with E-state index in [0.717, 1.165) is 30.6 Å². The summed E-state index contributed by atoms with van der Waals surface area (Å²) in [5.74, 6) is 1.29. The molecule has 2 aromatic rings. The van der Waals surface area contributed by atoms with Crippen molar-refractivity contribution in [1.82, 2.24) is 0 Å². The molecule has 4 nitrogen and oxygen atoms in total. The summed E-state index contributed by atoms with van der Waals surface area (Å²) in [7, 11) is 0. The fourth-order valence-corrected chi connectivity index (χ4v) is 4.70. The second-order valence-electron chi connectivity index (χ2n) is 7.64. The van der Waals surface area contributed by atoms with Gasteiger partial charge in [0, 0.05) is 0 Å². The smallest absolute Gasteiger partial charge is 0.170 e. The van der Waals surface area contributed by atoms with Gasteiger partial charge in [-0.3, -0.25) is 4.79 Å². The molecule has 1 spiro atoms. The van der Waals surface area contributed by atoms with Gasteiger partial charge >= 0.3 is 0 Å². The van der Waals surface area contributed by atoms with Crippen molar-refractivity contribution in [2.45, 2.75) is 37.4 Å². The predicted octanol–water partition coefficient (Wildman–Crippen LogP) is 4.13. The van der Waals surface area contributed by atoms with E-state index in [2.05, 4.69) is 6.07 Å². The van der Waals surface area contributed by atoms with Crippen LogP contribution in [-0.2, 0) is 4.74 Å². The maximum atomic E-state index is 13.0. The predicted molar refractivity (Wildman–Crippen MR) is 96.0 cm³/mol. The number of ether oxygens (including phenoxy) is 2. The largest absolute Gasteiger partial charge is 0.483 e. The Hall–Kier alpha value is -2.64. The van der Waals surface area contributed by atoms with Crippen molar-refractivity contribution in [3.05, 3.63) is 53.6 Å². The molecule has 130 valence electrons. The number of carbonyl (C=O) groups is 1. The SMILES string of the molecule is N#Cc1cccc(-c2ccc3c(c2)C(=O)CC2(CC4CCC2OC4)O3)c1. The van der Waals surface area contributed by atoms with Gasteiger partial charge in [0.05, 0.1) is 36.3 Å². The van der Waals surface area contributed by atoms with Crippen LogP contribution in [0.5, 0.6) is 5.75 Å². The number of nitrogens with zero attached hydrogens (tertiary/aromatic N) is 1. The minimum absolute atomic E-state index is 0.0246. The topological polar surface area (TPSA) is 59.3 Å². The van der Waals surface area contributed by atoms with Crippen molar-refractivity contribution in [2.24, 2.45) is 5.92 Å². The summed E-state index contributed by atoms with van der Waals surface area (Å²) in [4.78, 5) is 13.0. The van der Waals surface area contributed by atoms with Gasteiger partial charge in [-0.1, -0.05) is 18.2 Å². The van der Waals surface area contributed by atoms with E-state index in [0.29, 0.717) is 29.2 Å². The van der Waals surface area contributed by atoms with Crippen LogP contribution in [0.15, 0.2) is 42.5 Å². The molecule has 4 aliphatic rings. The number of nitriles is 1. The average molecular weight is 345 g/mol. The highest BCUT2D eigenvalue weighted by Gasteiger charge is 2.53. The van der Waals surface area contributed by atoms with Crippen molar-refractivity contribution in [2.75, 3.05) is 6.61 Å². The highest BCUT2D eigenvalue weighted by Crippen LogP contribution is 2.48. The molecule has 2 saturated heterocycles. The monoisotopic (exact) mass is 345 g/mol. The number of Topliss-reactive ketones (excluding diaryl/α,β-unsaturated/α-hetero) is 1. The summed E-state index contributed by atoms with van der Waals surface area (Å²) in [6, 6.07) is 15.3. The molecule has 0 amide bonds. The fraction of sp³-hybridized carbons (Fsp3) is 0.364. The Morgan fingerprint density at radius 1 is 1.12 bits per heavy atom. The fourth-order valence-electron chi connectivity index (χ4n) is 4.70. The maximum Gasteiger partial charge on any atom is 0.170 e. The molecular weight excluding hydrogens is 326 g/mol. The summed E-state index contributed by atoms with van der Waals surface area (Å²) in [6.45, 7) is 0.797. The first kappa shape index (κ1) is 15.6. The molecule has 0 N–H and O–H groups in total. The van der Waals surface area contributed by atoms with E-state index in [-0.39, 0.29) is 11.9 Å². The molecule has 26 heavy (non-hydrogen) atoms. The number of hydrogen-bond acceptors (Lipinski definition) is 4. The van der Waals surface area contributed by atoms with Gasteiger partial charge in [-0.15, -0.1) is 0 Å². The molecule has 1 aliphatic carbocycles. The first-order valence-electron chi connectivity index (χ1n) is 9.15. The normalized spacial score (nSPS) is 29.1. The summed E-state index contributed by atoms with van der Waals surface area (Å²) in [5, 5.41) is 9.10. The molecule has 3 aliphatic heterocycles. The molecule has 0 radical (unpaired) electrons. The van der Waals surface area contributed by atoms with E-state index in [1.165, 1.54) is 6.42 Å². The minimum Gasteiger partial charge on any atom is -0.483 e. The lowest BCUT2D eigenvalue weighted by atomic mass is 9.70. The van der Waals surface area contributed by atoms with Crippen LogP contribution in [0.25, 0.3) is 11.1 Å². The van der Waals surface area contributed by atoms with E-state index in [1.807, 2.05) is 36.4 Å². The number of carbonyl (C=O) groups excluding carboxylic acids is 1. The van der Waals surface area contributed by atoms with Gasteiger partial charge in [0.25, 0.3) is 0 Å². The minimum atomic E-state index is -0.479. The Morgan fingerprint density at radius 2 is 2.00 bits per heavy atom. The van der Waals surface area contributed by atoms with Gasteiger partial charge in [-0.25, -0.2) is 0 Å². The van der Waals surface area contributed by atoms with Gasteiger partial charge in [0.15, 0.2) is 5.78 Å². The van der Waals surface area contributed by atoms with Crippen molar-refractivity contribution in [3.8, 4) is 22.9 Å². The second-order valence-corrected chi connectivity index (χ2v) is 7.64. The third-order valence-electron chi connectivity index (χ3n) is 5.97. The summed E-state index contributed by atoms with van der Waals surface area (Å²) in [6.07, 6.45) is 3.48. The molecule has 4 heteroatoms. The molecule has 3 atom stereocenters. The van der Waals surface area contributed by atoms with E-state index in [1.54, 1.807) is 6.07 Å². The maximum absolute atomic E-state index is 13.0. The Balaban J connectivity index is 1.51. The lowest BCUT2D eigenvalue weighted by molar-refractivity contribution is -0.183. The van der Waals surface area contributed by atoms with Crippen LogP contribution in [0.3, 0.4) is 0 Å². The van der Waals surface area contributed by atoms with Crippen LogP contribution in [0, 0.1) is 17.2 Å². The summed E-state index contributed by atoms with van der Waals surface area (Å²) in [5.41, 5.74) is 2.62. The average Bonchev–Trinajstić information content (AvgIpc) is 2.68. The molecule has 6 rings (SSSR count). The van der Waals surface area contributed by atoms with Gasteiger partial charge in [-0.2, -0.15) is 5.26 Å². The van der Waals surface area contributed by atoms with Crippen molar-refractivity contribution in [3.63, 3.8) is 0 Å². The summed E-state index contributed by atoms with van der Waals surface area (Å²) >= 11 is 0. The zero-order chi connectivity index (χ0) is 17.7. The second kappa shape index (κ2) is 5.69. The van der Waals surface area contributed by atoms with Crippen LogP contribution >= 0.6 is 0 Å². The van der Waals surface area contributed by atoms with E-state index < -0.39 is 5.60 Å². The number of benzene rings is 2. The van der Waals surface area contributed by atoms with Gasteiger partial charge in [-0.05, 0) is 60.6 Å². The van der Waals surface area contributed by atoms with Gasteiger partial charge < -0.3 is 9.47 Å². The zero-order valence-corrected chi connectivity index (χ0v) is 14.4. The lowest BCUT2D eigenvalue weighted by Crippen LogP contribution is -2.60. The Morgan fingerprint density at radius 3 is 2.73 bits per heavy atom. The van der Waals surface area contributed by atoms with E-state index >= 15 is 0 Å². The molecular formula is C22H19NO3. The molecule has 2 aromatic carbocycles. The Labute approximate surface area is 152 Å². The first-order chi connectivity index (χ1) is 12.7. The third kappa shape index (κ3) is 2.35.